The Balaban J connectivity index is 1.77. The van der Waals surface area contributed by atoms with Gasteiger partial charge in [-0.05, 0) is 49.2 Å². The standard InChI is InChI=1S/C18H19FN2O3S/c19-14-6-4-9-16(12-14)20-18(22)13-5-3-10-17(11-13)25(23,24)21-15-7-1-2-8-15/h3-6,9-12,15,21H,1-2,7-8H2,(H,20,22). The van der Waals surface area contributed by atoms with Gasteiger partial charge in [0, 0.05) is 17.3 Å². The lowest BCUT2D eigenvalue weighted by molar-refractivity contribution is 0.102. The Morgan fingerprint density at radius 1 is 1.04 bits per heavy atom. The lowest BCUT2D eigenvalue weighted by Gasteiger charge is -2.13. The first-order valence-corrected chi connectivity index (χ1v) is 9.62. The van der Waals surface area contributed by atoms with Crippen LogP contribution in [0.2, 0.25) is 0 Å². The van der Waals surface area contributed by atoms with Gasteiger partial charge in [-0.25, -0.2) is 17.5 Å². The van der Waals surface area contributed by atoms with Crippen LogP contribution in [0, 0.1) is 5.82 Å². The van der Waals surface area contributed by atoms with E-state index in [0.29, 0.717) is 5.69 Å². The monoisotopic (exact) mass is 362 g/mol. The number of nitrogens with one attached hydrogen (secondary N) is 2. The van der Waals surface area contributed by atoms with Crippen molar-refractivity contribution in [1.29, 1.82) is 0 Å². The maximum atomic E-state index is 13.2. The summed E-state index contributed by atoms with van der Waals surface area (Å²) in [6.45, 7) is 0. The van der Waals surface area contributed by atoms with Gasteiger partial charge in [0.25, 0.3) is 5.91 Å². The Morgan fingerprint density at radius 3 is 2.48 bits per heavy atom. The van der Waals surface area contributed by atoms with Crippen LogP contribution >= 0.6 is 0 Å². The van der Waals surface area contributed by atoms with Crippen molar-refractivity contribution in [3.8, 4) is 0 Å². The quantitative estimate of drug-likeness (QED) is 0.857. The summed E-state index contributed by atoms with van der Waals surface area (Å²) in [5.74, 6) is -0.960. The summed E-state index contributed by atoms with van der Waals surface area (Å²) < 4.78 is 40.8. The molecule has 132 valence electrons. The van der Waals surface area contributed by atoms with Gasteiger partial charge in [0.2, 0.25) is 10.0 Å². The van der Waals surface area contributed by atoms with Crippen molar-refractivity contribution in [2.24, 2.45) is 0 Å². The number of carbonyl (C=O) groups excluding carboxylic acids is 1. The predicted octanol–water partition coefficient (Wildman–Crippen LogP) is 3.30. The molecule has 1 saturated carbocycles. The van der Waals surface area contributed by atoms with Gasteiger partial charge < -0.3 is 5.32 Å². The van der Waals surface area contributed by atoms with Gasteiger partial charge in [-0.2, -0.15) is 0 Å². The normalized spacial score (nSPS) is 15.2. The second-order valence-corrected chi connectivity index (χ2v) is 7.81. The number of hydrogen-bond donors (Lipinski definition) is 2. The first-order valence-electron chi connectivity index (χ1n) is 8.13. The first-order chi connectivity index (χ1) is 11.9. The summed E-state index contributed by atoms with van der Waals surface area (Å²) >= 11 is 0. The van der Waals surface area contributed by atoms with Crippen LogP contribution in [0.25, 0.3) is 0 Å². The fraction of sp³-hybridized carbons (Fsp3) is 0.278. The second kappa shape index (κ2) is 7.33. The molecule has 0 saturated heterocycles. The van der Waals surface area contributed by atoms with Crippen LogP contribution in [0.3, 0.4) is 0 Å². The highest BCUT2D eigenvalue weighted by Crippen LogP contribution is 2.21. The zero-order chi connectivity index (χ0) is 17.9. The fourth-order valence-electron chi connectivity index (χ4n) is 2.91. The van der Waals surface area contributed by atoms with E-state index in [2.05, 4.69) is 10.0 Å². The Kier molecular flexibility index (Phi) is 5.15. The number of rotatable bonds is 5. The van der Waals surface area contributed by atoms with E-state index in [1.165, 1.54) is 42.5 Å². The van der Waals surface area contributed by atoms with Gasteiger partial charge in [0.1, 0.15) is 5.82 Å². The minimum absolute atomic E-state index is 0.0465. The maximum Gasteiger partial charge on any atom is 0.255 e. The number of halogens is 1. The highest BCUT2D eigenvalue weighted by molar-refractivity contribution is 7.89. The molecule has 0 unspecified atom stereocenters. The van der Waals surface area contributed by atoms with Crippen molar-refractivity contribution in [1.82, 2.24) is 4.72 Å². The highest BCUT2D eigenvalue weighted by atomic mass is 32.2. The Hall–Kier alpha value is -2.25. The van der Waals surface area contributed by atoms with E-state index in [1.807, 2.05) is 0 Å². The maximum absolute atomic E-state index is 13.2. The molecule has 0 bridgehead atoms. The summed E-state index contributed by atoms with van der Waals surface area (Å²) in [6.07, 6.45) is 3.70. The molecule has 25 heavy (non-hydrogen) atoms. The molecule has 0 aliphatic heterocycles. The molecule has 0 aromatic heterocycles. The number of anilines is 1. The van der Waals surface area contributed by atoms with E-state index in [4.69, 9.17) is 0 Å². The average molecular weight is 362 g/mol. The van der Waals surface area contributed by atoms with Crippen molar-refractivity contribution in [2.75, 3.05) is 5.32 Å². The molecule has 0 spiro atoms. The van der Waals surface area contributed by atoms with Crippen molar-refractivity contribution in [3.05, 3.63) is 59.9 Å². The smallest absolute Gasteiger partial charge is 0.255 e. The van der Waals surface area contributed by atoms with E-state index < -0.39 is 21.7 Å². The van der Waals surface area contributed by atoms with Crippen LogP contribution in [0.4, 0.5) is 10.1 Å². The lowest BCUT2D eigenvalue weighted by Crippen LogP contribution is -2.32. The minimum atomic E-state index is -3.67. The second-order valence-electron chi connectivity index (χ2n) is 6.09. The molecule has 1 aliphatic carbocycles. The molecule has 2 N–H and O–H groups in total. The van der Waals surface area contributed by atoms with E-state index in [0.717, 1.165) is 25.7 Å². The van der Waals surface area contributed by atoms with Crippen LogP contribution in [-0.2, 0) is 10.0 Å². The van der Waals surface area contributed by atoms with Gasteiger partial charge in [-0.3, -0.25) is 4.79 Å². The van der Waals surface area contributed by atoms with Gasteiger partial charge in [-0.15, -0.1) is 0 Å². The number of hydrogen-bond acceptors (Lipinski definition) is 3. The number of carbonyl (C=O) groups is 1. The minimum Gasteiger partial charge on any atom is -0.322 e. The zero-order valence-electron chi connectivity index (χ0n) is 13.5. The highest BCUT2D eigenvalue weighted by Gasteiger charge is 2.23. The average Bonchev–Trinajstić information content (AvgIpc) is 3.07. The molecule has 0 heterocycles. The number of amides is 1. The van der Waals surface area contributed by atoms with Crippen LogP contribution < -0.4 is 10.0 Å². The van der Waals surface area contributed by atoms with Gasteiger partial charge in [-0.1, -0.05) is 25.0 Å². The van der Waals surface area contributed by atoms with Crippen molar-refractivity contribution < 1.29 is 17.6 Å². The fourth-order valence-corrected chi connectivity index (χ4v) is 4.26. The Bertz CT molecular complexity index is 877. The Morgan fingerprint density at radius 2 is 1.76 bits per heavy atom. The summed E-state index contributed by atoms with van der Waals surface area (Å²) in [5, 5.41) is 2.56. The molecular weight excluding hydrogens is 343 g/mol. The topological polar surface area (TPSA) is 75.3 Å². The molecule has 0 atom stereocenters. The van der Waals surface area contributed by atoms with Crippen LogP contribution in [-0.4, -0.2) is 20.4 Å². The Labute approximate surface area is 146 Å². The van der Waals surface area contributed by atoms with Crippen LogP contribution in [0.15, 0.2) is 53.4 Å². The third-order valence-corrected chi connectivity index (χ3v) is 5.68. The molecular formula is C18H19FN2O3S. The largest absolute Gasteiger partial charge is 0.322 e. The molecule has 2 aromatic carbocycles. The van der Waals surface area contributed by atoms with Gasteiger partial charge in [0.05, 0.1) is 4.90 Å². The lowest BCUT2D eigenvalue weighted by atomic mass is 10.2. The summed E-state index contributed by atoms with van der Waals surface area (Å²) in [5.41, 5.74) is 0.501. The predicted molar refractivity (Wildman–Crippen MR) is 93.4 cm³/mol. The van der Waals surface area contributed by atoms with Gasteiger partial charge in [0.15, 0.2) is 0 Å². The van der Waals surface area contributed by atoms with E-state index in [-0.39, 0.29) is 16.5 Å². The summed E-state index contributed by atoms with van der Waals surface area (Å²) in [4.78, 5) is 12.3. The molecule has 7 heteroatoms. The molecule has 2 aromatic rings. The third-order valence-electron chi connectivity index (χ3n) is 4.17. The first kappa shape index (κ1) is 17.6. The number of sulfonamides is 1. The van der Waals surface area contributed by atoms with E-state index in [1.54, 1.807) is 6.07 Å². The van der Waals surface area contributed by atoms with Crippen molar-refractivity contribution >= 4 is 21.6 Å². The van der Waals surface area contributed by atoms with Crippen LogP contribution in [0.1, 0.15) is 36.0 Å². The van der Waals surface area contributed by atoms with Gasteiger partial charge >= 0.3 is 0 Å². The van der Waals surface area contributed by atoms with Crippen molar-refractivity contribution in [3.63, 3.8) is 0 Å². The van der Waals surface area contributed by atoms with Crippen molar-refractivity contribution in [2.45, 2.75) is 36.6 Å². The number of benzene rings is 2. The zero-order valence-corrected chi connectivity index (χ0v) is 14.4. The molecule has 0 radical (unpaired) electrons. The summed E-state index contributed by atoms with van der Waals surface area (Å²) in [6, 6.07) is 11.3. The molecule has 3 rings (SSSR count). The van der Waals surface area contributed by atoms with E-state index in [9.17, 15) is 17.6 Å². The van der Waals surface area contributed by atoms with Crippen LogP contribution in [0.5, 0.6) is 0 Å². The molecule has 5 nitrogen and oxygen atoms in total. The van der Waals surface area contributed by atoms with E-state index >= 15 is 0 Å². The molecule has 1 aliphatic rings. The SMILES string of the molecule is O=C(Nc1cccc(F)c1)c1cccc(S(=O)(=O)NC2CCCC2)c1. The third kappa shape index (κ3) is 4.43. The summed E-state index contributed by atoms with van der Waals surface area (Å²) in [7, 11) is -3.67. The molecule has 1 amide bonds. The molecule has 1 fully saturated rings.